The smallest absolute Gasteiger partial charge is 0.337 e. The number of hydrogen-bond donors (Lipinski definition) is 1. The van der Waals surface area contributed by atoms with E-state index < -0.39 is 10.0 Å². The number of anilines is 1. The van der Waals surface area contributed by atoms with Crippen LogP contribution in [0.25, 0.3) is 0 Å². The normalized spacial score (nSPS) is 27.2. The first-order valence-corrected chi connectivity index (χ1v) is 17.8. The molecule has 8 nitrogen and oxygen atoms in total. The second-order valence-corrected chi connectivity index (χ2v) is 15.3. The second kappa shape index (κ2) is 12.7. The van der Waals surface area contributed by atoms with E-state index in [1.165, 1.54) is 23.8 Å². The van der Waals surface area contributed by atoms with Gasteiger partial charge in [-0.15, -0.1) is 0 Å². The van der Waals surface area contributed by atoms with Gasteiger partial charge < -0.3 is 19.1 Å². The van der Waals surface area contributed by atoms with Crippen LogP contribution in [0.15, 0.2) is 48.0 Å². The zero-order valence-electron chi connectivity index (χ0n) is 25.6. The van der Waals surface area contributed by atoms with Crippen molar-refractivity contribution in [2.75, 3.05) is 44.6 Å². The Balaban J connectivity index is 1.29. The number of aryl methyl sites for hydroxylation is 1. The van der Waals surface area contributed by atoms with Gasteiger partial charge in [-0.25, -0.2) is 18.4 Å². The highest BCUT2D eigenvalue weighted by Gasteiger charge is 2.45. The molecule has 1 spiro atoms. The number of ether oxygens (including phenoxy) is 3. The summed E-state index contributed by atoms with van der Waals surface area (Å²) in [7, 11) is -0.293. The topological polar surface area (TPSA) is 108 Å². The molecule has 0 amide bonds. The molecule has 0 saturated heterocycles. The minimum atomic E-state index is -3.48. The summed E-state index contributed by atoms with van der Waals surface area (Å²) in [6.45, 7) is 2.15. The molecule has 1 unspecified atom stereocenters. The molecule has 0 aromatic heterocycles. The van der Waals surface area contributed by atoms with E-state index in [2.05, 4.69) is 23.1 Å². The molecule has 1 fully saturated rings. The lowest BCUT2D eigenvalue weighted by atomic mass is 9.66. The Hall–Kier alpha value is -2.59. The number of nitrogens with two attached hydrogens (primary N) is 1. The molecule has 2 aromatic carbocycles. The van der Waals surface area contributed by atoms with Gasteiger partial charge in [-0.05, 0) is 116 Å². The summed E-state index contributed by atoms with van der Waals surface area (Å²) in [6, 6.07) is 11.9. The fourth-order valence-corrected chi connectivity index (χ4v) is 9.26. The first-order valence-electron chi connectivity index (χ1n) is 15.7. The summed E-state index contributed by atoms with van der Waals surface area (Å²) in [5.74, 6) is 1.25. The predicted molar refractivity (Wildman–Crippen MR) is 172 cm³/mol. The fourth-order valence-electron chi connectivity index (χ4n) is 8.11. The van der Waals surface area contributed by atoms with Crippen molar-refractivity contribution in [3.63, 3.8) is 0 Å². The molecule has 2 N–H and O–H groups in total. The highest BCUT2D eigenvalue weighted by molar-refractivity contribution is 7.89. The molecule has 5 atom stereocenters. The Kier molecular flexibility index (Phi) is 9.03. The molecule has 3 aliphatic carbocycles. The van der Waals surface area contributed by atoms with Crippen LogP contribution in [0.4, 0.5) is 5.69 Å². The van der Waals surface area contributed by atoms with Crippen LogP contribution in [0.2, 0.25) is 5.02 Å². The van der Waals surface area contributed by atoms with Crippen molar-refractivity contribution in [2.45, 2.75) is 62.9 Å². The zero-order chi connectivity index (χ0) is 31.1. The second-order valence-electron chi connectivity index (χ2n) is 13.2. The van der Waals surface area contributed by atoms with Crippen LogP contribution in [0.3, 0.4) is 0 Å². The van der Waals surface area contributed by atoms with E-state index in [9.17, 15) is 13.2 Å². The van der Waals surface area contributed by atoms with Crippen molar-refractivity contribution in [1.29, 1.82) is 0 Å². The highest BCUT2D eigenvalue weighted by atomic mass is 35.5. The third-order valence-electron chi connectivity index (χ3n) is 10.4. The van der Waals surface area contributed by atoms with E-state index >= 15 is 0 Å². The number of carbonyl (C=O) groups excluding carboxylic acids is 1. The standard InChI is InChI=1S/C34H43ClN2O6S/c1-41-32(23-7-5-22(6-8-23)19-44(36,39)40)28-12-9-26(28)18-37-20-34(15-3-4-24-16-27(35)11-13-29(24)34)21-43-31-14-10-25(17-30(31)37)33(38)42-2/h7,10-11,13-14,16-17,22,26,28,32H,3-6,8-9,12,15,18-21H2,1-2H3,(H2,36,39,40)/t22-,26-,28+,32-,34?/m0/s1. The number of nitrogens with zero attached hydrogens (tertiary/aromatic N) is 1. The van der Waals surface area contributed by atoms with Crippen LogP contribution in [-0.2, 0) is 31.3 Å². The lowest BCUT2D eigenvalue weighted by molar-refractivity contribution is 0.00323. The number of fused-ring (bicyclic) bond motifs is 3. The minimum absolute atomic E-state index is 0.000191. The van der Waals surface area contributed by atoms with Gasteiger partial charge in [0.1, 0.15) is 5.75 Å². The van der Waals surface area contributed by atoms with Gasteiger partial charge in [0.25, 0.3) is 0 Å². The largest absolute Gasteiger partial charge is 0.490 e. The van der Waals surface area contributed by atoms with Crippen molar-refractivity contribution < 1.29 is 27.4 Å². The molecule has 238 valence electrons. The zero-order valence-corrected chi connectivity index (χ0v) is 27.2. The first kappa shape index (κ1) is 31.4. The van der Waals surface area contributed by atoms with Gasteiger partial charge >= 0.3 is 5.97 Å². The molecule has 0 radical (unpaired) electrons. The summed E-state index contributed by atoms with van der Waals surface area (Å²) in [4.78, 5) is 15.0. The van der Waals surface area contributed by atoms with Crippen LogP contribution in [0.1, 0.15) is 66.4 Å². The van der Waals surface area contributed by atoms with Gasteiger partial charge in [0.15, 0.2) is 0 Å². The van der Waals surface area contributed by atoms with E-state index in [0.717, 1.165) is 74.5 Å². The molecule has 1 aliphatic heterocycles. The molecule has 1 saturated carbocycles. The first-order chi connectivity index (χ1) is 21.1. The highest BCUT2D eigenvalue weighted by Crippen LogP contribution is 2.48. The monoisotopic (exact) mass is 642 g/mol. The van der Waals surface area contributed by atoms with Crippen LogP contribution < -0.4 is 14.8 Å². The van der Waals surface area contributed by atoms with Gasteiger partial charge in [0.05, 0.1) is 36.8 Å². The van der Waals surface area contributed by atoms with E-state index in [4.69, 9.17) is 31.0 Å². The van der Waals surface area contributed by atoms with Crippen molar-refractivity contribution in [1.82, 2.24) is 0 Å². The summed E-state index contributed by atoms with van der Waals surface area (Å²) < 4.78 is 41.1. The molecule has 6 rings (SSSR count). The van der Waals surface area contributed by atoms with Gasteiger partial charge in [-0.2, -0.15) is 0 Å². The van der Waals surface area contributed by atoms with Crippen LogP contribution >= 0.6 is 11.6 Å². The van der Waals surface area contributed by atoms with Gasteiger partial charge in [-0.1, -0.05) is 23.7 Å². The number of methoxy groups -OCH3 is 2. The van der Waals surface area contributed by atoms with E-state index in [-0.39, 0.29) is 29.2 Å². The number of allylic oxidation sites excluding steroid dienone is 1. The van der Waals surface area contributed by atoms with E-state index in [1.54, 1.807) is 13.2 Å². The molecular formula is C34H43ClN2O6S. The summed E-state index contributed by atoms with van der Waals surface area (Å²) >= 11 is 6.42. The predicted octanol–water partition coefficient (Wildman–Crippen LogP) is 5.66. The average Bonchev–Trinajstić information content (AvgIpc) is 3.14. The van der Waals surface area contributed by atoms with Gasteiger partial charge in [0, 0.05) is 30.6 Å². The summed E-state index contributed by atoms with van der Waals surface area (Å²) in [6.07, 6.45) is 9.78. The molecule has 10 heteroatoms. The Morgan fingerprint density at radius 1 is 1.16 bits per heavy atom. The number of primary sulfonamides is 1. The van der Waals surface area contributed by atoms with Crippen LogP contribution in [-0.4, -0.2) is 60.2 Å². The third-order valence-corrected chi connectivity index (χ3v) is 11.6. The Morgan fingerprint density at radius 2 is 2.00 bits per heavy atom. The number of halogens is 1. The van der Waals surface area contributed by atoms with Crippen molar-refractivity contribution in [2.24, 2.45) is 22.9 Å². The number of benzene rings is 2. The maximum atomic E-state index is 12.6. The SMILES string of the molecule is COC(=O)c1ccc2c(c1)N(C[C@@H]1CC[C@H]1[C@@H](OC)C1=CC[C@H](CS(N)(=O)=O)CC1)CC1(CCCc3cc(Cl)ccc31)CO2. The van der Waals surface area contributed by atoms with Crippen LogP contribution in [0, 0.1) is 17.8 Å². The van der Waals surface area contributed by atoms with Crippen LogP contribution in [0.5, 0.6) is 5.75 Å². The maximum Gasteiger partial charge on any atom is 0.337 e. The molecular weight excluding hydrogens is 600 g/mol. The number of carbonyl (C=O) groups is 1. The number of rotatable bonds is 8. The Bertz CT molecular complexity index is 1540. The number of esters is 1. The lowest BCUT2D eigenvalue weighted by Gasteiger charge is -2.47. The van der Waals surface area contributed by atoms with Gasteiger partial charge in [0.2, 0.25) is 10.0 Å². The van der Waals surface area contributed by atoms with E-state index in [0.29, 0.717) is 30.4 Å². The third kappa shape index (κ3) is 6.39. The van der Waals surface area contributed by atoms with E-state index in [1.807, 2.05) is 18.2 Å². The Morgan fingerprint density at radius 3 is 2.68 bits per heavy atom. The summed E-state index contributed by atoms with van der Waals surface area (Å²) in [5, 5.41) is 6.08. The minimum Gasteiger partial charge on any atom is -0.490 e. The fraction of sp³-hybridized carbons (Fsp3) is 0.559. The Labute approximate surface area is 265 Å². The lowest BCUT2D eigenvalue weighted by Crippen LogP contribution is -2.50. The molecule has 2 aromatic rings. The van der Waals surface area contributed by atoms with Crippen molar-refractivity contribution in [3.05, 3.63) is 69.8 Å². The molecule has 44 heavy (non-hydrogen) atoms. The molecule has 4 aliphatic rings. The number of hydrogen-bond acceptors (Lipinski definition) is 7. The summed E-state index contributed by atoms with van der Waals surface area (Å²) in [5.41, 5.74) is 5.10. The van der Waals surface area contributed by atoms with Crippen molar-refractivity contribution >= 4 is 33.3 Å². The molecule has 1 heterocycles. The molecule has 0 bridgehead atoms. The van der Waals surface area contributed by atoms with Gasteiger partial charge in [-0.3, -0.25) is 0 Å². The average molecular weight is 643 g/mol. The van der Waals surface area contributed by atoms with Crippen molar-refractivity contribution in [3.8, 4) is 5.75 Å². The quantitative estimate of drug-likeness (QED) is 0.293. The maximum absolute atomic E-state index is 12.6. The number of sulfonamides is 1.